The topological polar surface area (TPSA) is 35.0 Å². The van der Waals surface area contributed by atoms with E-state index in [1.54, 1.807) is 6.07 Å². The fraction of sp³-hybridized carbons (Fsp3) is 0.0667. The monoisotopic (exact) mass is 302 g/mol. The molecule has 20 heavy (non-hydrogen) atoms. The van der Waals surface area contributed by atoms with Crippen molar-refractivity contribution in [2.24, 2.45) is 0 Å². The van der Waals surface area contributed by atoms with E-state index in [2.05, 4.69) is 16.0 Å². The zero-order valence-corrected chi connectivity index (χ0v) is 12.3. The van der Waals surface area contributed by atoms with E-state index in [1.165, 1.54) is 17.1 Å². The van der Waals surface area contributed by atoms with Crippen LogP contribution in [-0.2, 0) is 0 Å². The van der Waals surface area contributed by atoms with E-state index >= 15 is 0 Å². The van der Waals surface area contributed by atoms with Crippen LogP contribution in [0, 0.1) is 0 Å². The Kier molecular flexibility index (Phi) is 3.76. The van der Waals surface area contributed by atoms with Gasteiger partial charge in [0.1, 0.15) is 10.9 Å². The number of hydrogen-bond donors (Lipinski definition) is 0. The second-order valence-electron chi connectivity index (χ2n) is 4.13. The molecular weight excluding hydrogens is 292 g/mol. The SMILES string of the molecule is CSc1nc(Cl)cc(Oc2ccc3ccccc3c2)n1. The molecule has 2 aromatic carbocycles. The summed E-state index contributed by atoms with van der Waals surface area (Å²) < 4.78 is 5.76. The zero-order valence-electron chi connectivity index (χ0n) is 10.7. The highest BCUT2D eigenvalue weighted by Crippen LogP contribution is 2.26. The minimum atomic E-state index is 0.375. The van der Waals surface area contributed by atoms with Crippen molar-refractivity contribution >= 4 is 34.1 Å². The van der Waals surface area contributed by atoms with Crippen molar-refractivity contribution in [1.29, 1.82) is 0 Å². The Bertz CT molecular complexity index is 764. The van der Waals surface area contributed by atoms with Gasteiger partial charge in [0.05, 0.1) is 0 Å². The average Bonchev–Trinajstić information content (AvgIpc) is 2.46. The Labute approximate surface area is 126 Å². The summed E-state index contributed by atoms with van der Waals surface area (Å²) in [4.78, 5) is 8.35. The second-order valence-corrected chi connectivity index (χ2v) is 5.29. The van der Waals surface area contributed by atoms with Crippen molar-refractivity contribution in [2.75, 3.05) is 6.26 Å². The van der Waals surface area contributed by atoms with Crippen LogP contribution in [0.2, 0.25) is 5.15 Å². The molecule has 0 amide bonds. The standard InChI is InChI=1S/C15H11ClN2OS/c1-20-15-17-13(16)9-14(18-15)19-12-7-6-10-4-2-3-5-11(10)8-12/h2-9H,1H3. The van der Waals surface area contributed by atoms with Gasteiger partial charge < -0.3 is 4.74 Å². The van der Waals surface area contributed by atoms with Crippen LogP contribution in [0.3, 0.4) is 0 Å². The minimum absolute atomic E-state index is 0.375. The minimum Gasteiger partial charge on any atom is -0.439 e. The summed E-state index contributed by atoms with van der Waals surface area (Å²) in [5.74, 6) is 1.18. The molecule has 0 aliphatic carbocycles. The molecule has 0 unspecified atom stereocenters. The largest absolute Gasteiger partial charge is 0.439 e. The molecule has 0 bridgehead atoms. The number of rotatable bonds is 3. The van der Waals surface area contributed by atoms with Crippen molar-refractivity contribution in [3.05, 3.63) is 53.7 Å². The number of benzene rings is 2. The van der Waals surface area contributed by atoms with Gasteiger partial charge in [-0.1, -0.05) is 53.7 Å². The first-order valence-corrected chi connectivity index (χ1v) is 7.60. The molecule has 1 heterocycles. The Hall–Kier alpha value is -1.78. The molecule has 0 N–H and O–H groups in total. The molecule has 0 fully saturated rings. The molecule has 3 aromatic rings. The number of nitrogens with zero attached hydrogens (tertiary/aromatic N) is 2. The highest BCUT2D eigenvalue weighted by molar-refractivity contribution is 7.98. The number of ether oxygens (including phenoxy) is 1. The smallest absolute Gasteiger partial charge is 0.224 e. The zero-order chi connectivity index (χ0) is 13.9. The molecular formula is C15H11ClN2OS. The third kappa shape index (κ3) is 2.86. The van der Waals surface area contributed by atoms with E-state index in [1.807, 2.05) is 42.7 Å². The van der Waals surface area contributed by atoms with Gasteiger partial charge in [-0.15, -0.1) is 0 Å². The van der Waals surface area contributed by atoms with Gasteiger partial charge in [0.25, 0.3) is 0 Å². The summed E-state index contributed by atoms with van der Waals surface area (Å²) in [5.41, 5.74) is 0. The summed E-state index contributed by atoms with van der Waals surface area (Å²) in [6, 6.07) is 15.6. The fourth-order valence-corrected chi connectivity index (χ4v) is 2.47. The highest BCUT2D eigenvalue weighted by atomic mass is 35.5. The Morgan fingerprint density at radius 2 is 1.80 bits per heavy atom. The summed E-state index contributed by atoms with van der Waals surface area (Å²) >= 11 is 7.37. The van der Waals surface area contributed by atoms with Gasteiger partial charge in [0, 0.05) is 6.07 Å². The third-order valence-corrected chi connectivity index (χ3v) is 3.52. The van der Waals surface area contributed by atoms with Crippen molar-refractivity contribution in [3.8, 4) is 11.6 Å². The first-order valence-electron chi connectivity index (χ1n) is 6.00. The van der Waals surface area contributed by atoms with Gasteiger partial charge in [0.15, 0.2) is 5.16 Å². The fourth-order valence-electron chi connectivity index (χ4n) is 1.87. The van der Waals surface area contributed by atoms with Crippen LogP contribution in [0.25, 0.3) is 10.8 Å². The van der Waals surface area contributed by atoms with Crippen molar-refractivity contribution < 1.29 is 4.74 Å². The van der Waals surface area contributed by atoms with Crippen molar-refractivity contribution in [3.63, 3.8) is 0 Å². The van der Waals surface area contributed by atoms with Gasteiger partial charge in [-0.2, -0.15) is 4.98 Å². The van der Waals surface area contributed by atoms with E-state index in [9.17, 15) is 0 Å². The number of aromatic nitrogens is 2. The lowest BCUT2D eigenvalue weighted by molar-refractivity contribution is 0.456. The van der Waals surface area contributed by atoms with E-state index in [4.69, 9.17) is 16.3 Å². The number of hydrogen-bond acceptors (Lipinski definition) is 4. The molecule has 3 rings (SSSR count). The molecule has 3 nitrogen and oxygen atoms in total. The van der Waals surface area contributed by atoms with E-state index < -0.39 is 0 Å². The lowest BCUT2D eigenvalue weighted by Gasteiger charge is -2.07. The predicted octanol–water partition coefficient (Wildman–Crippen LogP) is 4.80. The van der Waals surface area contributed by atoms with E-state index in [0.29, 0.717) is 16.2 Å². The van der Waals surface area contributed by atoms with Crippen LogP contribution in [0.5, 0.6) is 11.6 Å². The molecule has 0 saturated carbocycles. The second kappa shape index (κ2) is 5.69. The Morgan fingerprint density at radius 3 is 2.60 bits per heavy atom. The lowest BCUT2D eigenvalue weighted by atomic mass is 10.1. The third-order valence-electron chi connectivity index (χ3n) is 2.78. The molecule has 0 radical (unpaired) electrons. The van der Waals surface area contributed by atoms with Crippen LogP contribution in [-0.4, -0.2) is 16.2 Å². The molecule has 0 atom stereocenters. The molecule has 1 aromatic heterocycles. The quantitative estimate of drug-likeness (QED) is 0.395. The van der Waals surface area contributed by atoms with Crippen LogP contribution < -0.4 is 4.74 Å². The highest BCUT2D eigenvalue weighted by Gasteiger charge is 2.05. The normalized spacial score (nSPS) is 10.7. The summed E-state index contributed by atoms with van der Waals surface area (Å²) in [5, 5.41) is 3.26. The number of thioether (sulfide) groups is 1. The van der Waals surface area contributed by atoms with Gasteiger partial charge in [-0.25, -0.2) is 4.98 Å². The molecule has 5 heteroatoms. The van der Waals surface area contributed by atoms with Gasteiger partial charge in [0.2, 0.25) is 5.88 Å². The first-order chi connectivity index (χ1) is 9.74. The van der Waals surface area contributed by atoms with E-state index in [-0.39, 0.29) is 0 Å². The summed E-state index contributed by atoms with van der Waals surface area (Å²) in [7, 11) is 0. The Morgan fingerprint density at radius 1 is 1.00 bits per heavy atom. The first kappa shape index (κ1) is 13.2. The molecule has 100 valence electrons. The predicted molar refractivity (Wildman–Crippen MR) is 82.8 cm³/mol. The average molecular weight is 303 g/mol. The van der Waals surface area contributed by atoms with Gasteiger partial charge in [-0.3, -0.25) is 0 Å². The Balaban J connectivity index is 1.94. The van der Waals surface area contributed by atoms with Crippen LogP contribution in [0.15, 0.2) is 53.7 Å². The maximum absolute atomic E-state index is 5.95. The van der Waals surface area contributed by atoms with E-state index in [0.717, 1.165) is 11.1 Å². The number of fused-ring (bicyclic) bond motifs is 1. The van der Waals surface area contributed by atoms with Gasteiger partial charge >= 0.3 is 0 Å². The number of halogens is 1. The van der Waals surface area contributed by atoms with Gasteiger partial charge in [-0.05, 0) is 29.2 Å². The summed E-state index contributed by atoms with van der Waals surface area (Å²) in [6.45, 7) is 0. The van der Waals surface area contributed by atoms with Crippen LogP contribution in [0.4, 0.5) is 0 Å². The lowest BCUT2D eigenvalue weighted by Crippen LogP contribution is -1.92. The maximum atomic E-state index is 5.95. The molecule has 0 spiro atoms. The van der Waals surface area contributed by atoms with Crippen molar-refractivity contribution in [1.82, 2.24) is 9.97 Å². The van der Waals surface area contributed by atoms with Crippen LogP contribution in [0.1, 0.15) is 0 Å². The van der Waals surface area contributed by atoms with Crippen LogP contribution >= 0.6 is 23.4 Å². The summed E-state index contributed by atoms with van der Waals surface area (Å²) in [6.07, 6.45) is 1.89. The molecule has 0 aliphatic rings. The molecule has 0 aliphatic heterocycles. The van der Waals surface area contributed by atoms with Crippen molar-refractivity contribution in [2.45, 2.75) is 5.16 Å². The molecule has 0 saturated heterocycles. The maximum Gasteiger partial charge on any atom is 0.224 e.